The van der Waals surface area contributed by atoms with E-state index < -0.39 is 64.6 Å². The zero-order valence-corrected chi connectivity index (χ0v) is 26.6. The summed E-state index contributed by atoms with van der Waals surface area (Å²) in [4.78, 5) is 73.4. The summed E-state index contributed by atoms with van der Waals surface area (Å²) >= 11 is 25.1. The zero-order valence-electron chi connectivity index (χ0n) is 23.6. The molecule has 3 aromatic rings. The van der Waals surface area contributed by atoms with Crippen molar-refractivity contribution in [3.63, 3.8) is 0 Å². The molecular formula is C33H22Cl4N2O6. The van der Waals surface area contributed by atoms with Crippen molar-refractivity contribution in [3.05, 3.63) is 98.0 Å². The van der Waals surface area contributed by atoms with E-state index in [1.54, 1.807) is 44.2 Å². The van der Waals surface area contributed by atoms with Crippen molar-refractivity contribution in [3.8, 4) is 5.75 Å². The largest absolute Gasteiger partial charge is 0.423 e. The molecule has 3 fully saturated rings. The Morgan fingerprint density at radius 1 is 0.689 bits per heavy atom. The van der Waals surface area contributed by atoms with Crippen molar-refractivity contribution < 1.29 is 28.7 Å². The third-order valence-corrected chi connectivity index (χ3v) is 10.7. The van der Waals surface area contributed by atoms with Gasteiger partial charge in [-0.05, 0) is 55.5 Å². The predicted octanol–water partition coefficient (Wildman–Crippen LogP) is 6.78. The molecule has 3 aliphatic carbocycles. The zero-order chi connectivity index (χ0) is 32.1. The summed E-state index contributed by atoms with van der Waals surface area (Å²) in [6.07, 6.45) is 0. The van der Waals surface area contributed by atoms with Gasteiger partial charge in [0, 0.05) is 27.0 Å². The fourth-order valence-corrected chi connectivity index (χ4v) is 9.04. The Labute approximate surface area is 277 Å². The second kappa shape index (κ2) is 10.4. The lowest BCUT2D eigenvalue weighted by Gasteiger charge is -2.55. The third kappa shape index (κ3) is 4.09. The molecule has 4 amide bonds. The molecule has 0 N–H and O–H groups in total. The van der Waals surface area contributed by atoms with Gasteiger partial charge in [0.2, 0.25) is 23.6 Å². The molecule has 2 bridgehead atoms. The van der Waals surface area contributed by atoms with Crippen molar-refractivity contribution in [2.24, 2.45) is 35.0 Å². The molecule has 1 saturated carbocycles. The van der Waals surface area contributed by atoms with E-state index in [2.05, 4.69) is 0 Å². The highest BCUT2D eigenvalue weighted by atomic mass is 35.5. The Morgan fingerprint density at radius 3 is 1.60 bits per heavy atom. The first-order valence-corrected chi connectivity index (χ1v) is 15.5. The topological polar surface area (TPSA) is 101 Å². The molecule has 2 aliphatic heterocycles. The molecule has 0 spiro atoms. The number of rotatable bonds is 4. The number of para-hydroxylation sites is 1. The molecule has 228 valence electrons. The van der Waals surface area contributed by atoms with Crippen LogP contribution in [-0.4, -0.2) is 29.6 Å². The molecule has 3 aromatic carbocycles. The molecule has 5 aliphatic rings. The number of allylic oxidation sites excluding steroid dienone is 1. The van der Waals surface area contributed by atoms with E-state index >= 15 is 0 Å². The van der Waals surface area contributed by atoms with Gasteiger partial charge in [-0.2, -0.15) is 0 Å². The summed E-state index contributed by atoms with van der Waals surface area (Å²) in [5.41, 5.74) is -0.875. The fourth-order valence-electron chi connectivity index (χ4n) is 8.05. The first-order valence-electron chi connectivity index (χ1n) is 14.0. The summed E-state index contributed by atoms with van der Waals surface area (Å²) in [7, 11) is 0. The fraction of sp³-hybridized carbons (Fsp3) is 0.242. The second-order valence-corrected chi connectivity index (χ2v) is 13.5. The molecule has 45 heavy (non-hydrogen) atoms. The average molecular weight is 684 g/mol. The van der Waals surface area contributed by atoms with Crippen LogP contribution in [0.5, 0.6) is 5.75 Å². The number of ether oxygens (including phenoxy) is 1. The Bertz CT molecular complexity index is 1810. The average Bonchev–Trinajstić information content (AvgIpc) is 3.40. The van der Waals surface area contributed by atoms with Gasteiger partial charge in [-0.15, -0.1) is 0 Å². The van der Waals surface area contributed by atoms with Gasteiger partial charge in [-0.1, -0.05) is 77.1 Å². The van der Waals surface area contributed by atoms with Crippen LogP contribution >= 0.6 is 46.4 Å². The number of amides is 4. The standard InChI is InChI=1S/C33H22Cl4N2O6/c1-14-22-23-26(30(42)38(28(23)40)20-10-8-15(34)12-18(20)36)33(2,25(14)32(44)45-17-6-4-3-5-7-17)27-24(22)29(41)39(31(27)43)21-11-9-16(35)13-19(21)37/h3-13,22-24,26-27H,1-2H3. The van der Waals surface area contributed by atoms with Crippen molar-refractivity contribution in [2.45, 2.75) is 13.8 Å². The summed E-state index contributed by atoms with van der Waals surface area (Å²) in [6.45, 7) is 3.25. The molecule has 4 atom stereocenters. The van der Waals surface area contributed by atoms with Gasteiger partial charge in [0.15, 0.2) is 0 Å². The summed E-state index contributed by atoms with van der Waals surface area (Å²) in [6, 6.07) is 17.1. The third-order valence-electron chi connectivity index (χ3n) is 9.66. The van der Waals surface area contributed by atoms with Crippen molar-refractivity contribution in [1.29, 1.82) is 0 Å². The van der Waals surface area contributed by atoms with Gasteiger partial charge < -0.3 is 4.74 Å². The Kier molecular flexibility index (Phi) is 6.95. The minimum atomic E-state index is -1.62. The van der Waals surface area contributed by atoms with E-state index in [0.717, 1.165) is 9.80 Å². The first kappa shape index (κ1) is 30.0. The number of esters is 1. The van der Waals surface area contributed by atoms with E-state index in [4.69, 9.17) is 51.1 Å². The maximum atomic E-state index is 14.4. The maximum Gasteiger partial charge on any atom is 0.339 e. The number of hydrogen-bond acceptors (Lipinski definition) is 6. The number of halogens is 4. The van der Waals surface area contributed by atoms with Crippen molar-refractivity contribution in [2.75, 3.05) is 9.80 Å². The Hall–Kier alpha value is -3.69. The molecule has 2 heterocycles. The van der Waals surface area contributed by atoms with E-state index in [9.17, 15) is 24.0 Å². The number of anilines is 2. The number of hydrogen-bond donors (Lipinski definition) is 0. The van der Waals surface area contributed by atoms with Crippen LogP contribution in [-0.2, 0) is 24.0 Å². The highest BCUT2D eigenvalue weighted by Crippen LogP contribution is 2.69. The lowest BCUT2D eigenvalue weighted by Crippen LogP contribution is -2.61. The molecule has 4 unspecified atom stereocenters. The van der Waals surface area contributed by atoms with Crippen molar-refractivity contribution >= 4 is 87.4 Å². The minimum Gasteiger partial charge on any atom is -0.423 e. The molecular weight excluding hydrogens is 662 g/mol. The molecule has 0 aromatic heterocycles. The Balaban J connectivity index is 1.41. The normalized spacial score (nSPS) is 28.6. The first-order chi connectivity index (χ1) is 21.4. The molecule has 8 rings (SSSR count). The van der Waals surface area contributed by atoms with Crippen molar-refractivity contribution in [1.82, 2.24) is 0 Å². The molecule has 8 nitrogen and oxygen atoms in total. The van der Waals surface area contributed by atoms with Crippen LogP contribution in [0.4, 0.5) is 11.4 Å². The highest BCUT2D eigenvalue weighted by molar-refractivity contribution is 6.40. The van der Waals surface area contributed by atoms with Crippen LogP contribution in [0, 0.1) is 35.0 Å². The molecule has 12 heteroatoms. The van der Waals surface area contributed by atoms with Crippen LogP contribution < -0.4 is 14.5 Å². The van der Waals surface area contributed by atoms with Gasteiger partial charge in [-0.3, -0.25) is 19.2 Å². The molecule has 2 saturated heterocycles. The summed E-state index contributed by atoms with van der Waals surface area (Å²) < 4.78 is 5.76. The number of nitrogens with zero attached hydrogens (tertiary/aromatic N) is 2. The van der Waals surface area contributed by atoms with Crippen LogP contribution in [0.15, 0.2) is 77.9 Å². The summed E-state index contributed by atoms with van der Waals surface area (Å²) in [5, 5.41) is 0.763. The SMILES string of the molecule is CC1=C(C(=O)Oc2ccccc2)C2(C)C3C(=O)N(c4ccc(Cl)cc4Cl)C(=O)C3C1C1C(=O)N(c3ccc(Cl)cc3Cl)C(=O)C12. The minimum absolute atomic E-state index is 0.0737. The number of carbonyl (C=O) groups is 5. The van der Waals surface area contributed by atoms with Gasteiger partial charge in [-0.25, -0.2) is 14.6 Å². The predicted molar refractivity (Wildman–Crippen MR) is 168 cm³/mol. The summed E-state index contributed by atoms with van der Waals surface area (Å²) in [5.74, 6) is -8.39. The van der Waals surface area contributed by atoms with Crippen LogP contribution in [0.25, 0.3) is 0 Å². The number of benzene rings is 3. The lowest BCUT2D eigenvalue weighted by atomic mass is 9.43. The van der Waals surface area contributed by atoms with Crippen LogP contribution in [0.1, 0.15) is 13.8 Å². The van der Waals surface area contributed by atoms with Crippen LogP contribution in [0.3, 0.4) is 0 Å². The smallest absolute Gasteiger partial charge is 0.339 e. The van der Waals surface area contributed by atoms with Gasteiger partial charge in [0.05, 0.1) is 45.1 Å². The van der Waals surface area contributed by atoms with E-state index in [-0.39, 0.29) is 32.7 Å². The quantitative estimate of drug-likeness (QED) is 0.171. The Morgan fingerprint density at radius 2 is 1.16 bits per heavy atom. The maximum absolute atomic E-state index is 14.4. The second-order valence-electron chi connectivity index (χ2n) is 11.8. The van der Waals surface area contributed by atoms with E-state index in [0.29, 0.717) is 15.6 Å². The van der Waals surface area contributed by atoms with Crippen LogP contribution in [0.2, 0.25) is 20.1 Å². The number of carbonyl (C=O) groups excluding carboxylic acids is 5. The highest BCUT2D eigenvalue weighted by Gasteiger charge is 2.77. The van der Waals surface area contributed by atoms with E-state index in [1.807, 2.05) is 0 Å². The lowest BCUT2D eigenvalue weighted by molar-refractivity contribution is -0.152. The van der Waals surface area contributed by atoms with E-state index in [1.165, 1.54) is 36.4 Å². The monoisotopic (exact) mass is 682 g/mol. The van der Waals surface area contributed by atoms with Gasteiger partial charge in [0.25, 0.3) is 0 Å². The molecule has 0 radical (unpaired) electrons. The van der Waals surface area contributed by atoms with Gasteiger partial charge >= 0.3 is 5.97 Å². The number of imide groups is 2. The van der Waals surface area contributed by atoms with Gasteiger partial charge in [0.1, 0.15) is 5.75 Å².